The summed E-state index contributed by atoms with van der Waals surface area (Å²) in [6.45, 7) is 2.67. The van der Waals surface area contributed by atoms with Gasteiger partial charge in [0.15, 0.2) is 5.78 Å². The Kier molecular flexibility index (Phi) is 3.53. The quantitative estimate of drug-likeness (QED) is 0.758. The molecule has 1 aliphatic rings. The Morgan fingerprint density at radius 2 is 2.12 bits per heavy atom. The van der Waals surface area contributed by atoms with E-state index in [2.05, 4.69) is 0 Å². The Balaban J connectivity index is 2.23. The highest BCUT2D eigenvalue weighted by Gasteiger charge is 2.31. The van der Waals surface area contributed by atoms with E-state index in [9.17, 15) is 4.79 Å². The molecule has 1 fully saturated rings. The largest absolute Gasteiger partial charge is 0.370 e. The molecule has 2 nitrogen and oxygen atoms in total. The van der Waals surface area contributed by atoms with Crippen LogP contribution in [0.3, 0.4) is 0 Å². The normalized spacial score (nSPS) is 24.7. The molecule has 1 aromatic carbocycles. The van der Waals surface area contributed by atoms with E-state index in [0.717, 1.165) is 6.42 Å². The van der Waals surface area contributed by atoms with Gasteiger partial charge in [-0.3, -0.25) is 4.79 Å². The van der Waals surface area contributed by atoms with Gasteiger partial charge in [-0.15, -0.1) is 0 Å². The molecule has 0 aromatic heterocycles. The number of halogens is 2. The molecule has 2 unspecified atom stereocenters. The number of ether oxygens (including phenoxy) is 1. The van der Waals surface area contributed by atoms with Crippen molar-refractivity contribution in [2.75, 3.05) is 6.61 Å². The van der Waals surface area contributed by atoms with E-state index in [1.165, 1.54) is 0 Å². The lowest BCUT2D eigenvalue weighted by atomic mass is 9.96. The molecular formula is C12H12Cl2O2. The first-order valence-electron chi connectivity index (χ1n) is 5.20. The second-order valence-electron chi connectivity index (χ2n) is 4.05. The molecule has 1 saturated heterocycles. The van der Waals surface area contributed by atoms with E-state index in [1.807, 2.05) is 6.92 Å². The zero-order valence-electron chi connectivity index (χ0n) is 8.87. The van der Waals surface area contributed by atoms with Crippen LogP contribution in [0.5, 0.6) is 0 Å². The molecule has 0 N–H and O–H groups in total. The fraction of sp³-hybridized carbons (Fsp3) is 0.417. The zero-order chi connectivity index (χ0) is 11.7. The van der Waals surface area contributed by atoms with E-state index in [-0.39, 0.29) is 17.8 Å². The van der Waals surface area contributed by atoms with Gasteiger partial charge in [0.2, 0.25) is 0 Å². The molecule has 1 heterocycles. The third kappa shape index (κ3) is 2.24. The Bertz CT molecular complexity index is 417. The van der Waals surface area contributed by atoms with Crippen LogP contribution in [0, 0.1) is 5.92 Å². The van der Waals surface area contributed by atoms with Crippen molar-refractivity contribution in [2.45, 2.75) is 19.4 Å². The number of ketones is 1. The molecule has 2 rings (SSSR count). The number of carbonyl (C=O) groups is 1. The predicted molar refractivity (Wildman–Crippen MR) is 64.3 cm³/mol. The van der Waals surface area contributed by atoms with Crippen LogP contribution in [-0.2, 0) is 4.74 Å². The third-order valence-electron chi connectivity index (χ3n) is 2.85. The number of hydrogen-bond acceptors (Lipinski definition) is 2. The Morgan fingerprint density at radius 1 is 1.38 bits per heavy atom. The van der Waals surface area contributed by atoms with E-state index in [0.29, 0.717) is 22.2 Å². The highest BCUT2D eigenvalue weighted by molar-refractivity contribution is 6.42. The minimum atomic E-state index is -0.336. The number of benzene rings is 1. The van der Waals surface area contributed by atoms with Crippen LogP contribution in [-0.4, -0.2) is 18.5 Å². The van der Waals surface area contributed by atoms with Crippen molar-refractivity contribution >= 4 is 29.0 Å². The van der Waals surface area contributed by atoms with Gasteiger partial charge in [-0.2, -0.15) is 0 Å². The van der Waals surface area contributed by atoms with Gasteiger partial charge < -0.3 is 4.74 Å². The van der Waals surface area contributed by atoms with Gasteiger partial charge in [-0.25, -0.2) is 0 Å². The highest BCUT2D eigenvalue weighted by atomic mass is 35.5. The maximum absolute atomic E-state index is 12.1. The molecule has 16 heavy (non-hydrogen) atoms. The van der Waals surface area contributed by atoms with Crippen LogP contribution in [0.25, 0.3) is 0 Å². The number of rotatable bonds is 2. The molecule has 0 saturated carbocycles. The molecule has 0 radical (unpaired) electrons. The van der Waals surface area contributed by atoms with Crippen molar-refractivity contribution in [3.63, 3.8) is 0 Å². The lowest BCUT2D eigenvalue weighted by molar-refractivity contribution is 0.0579. The van der Waals surface area contributed by atoms with Crippen molar-refractivity contribution < 1.29 is 9.53 Å². The minimum Gasteiger partial charge on any atom is -0.370 e. The molecule has 2 atom stereocenters. The van der Waals surface area contributed by atoms with Crippen molar-refractivity contribution in [3.05, 3.63) is 33.8 Å². The van der Waals surface area contributed by atoms with Crippen LogP contribution in [0.2, 0.25) is 10.0 Å². The maximum atomic E-state index is 12.1. The van der Waals surface area contributed by atoms with Crippen molar-refractivity contribution in [1.82, 2.24) is 0 Å². The lowest BCUT2D eigenvalue weighted by Crippen LogP contribution is -2.25. The van der Waals surface area contributed by atoms with E-state index in [4.69, 9.17) is 27.9 Å². The van der Waals surface area contributed by atoms with Gasteiger partial charge in [0, 0.05) is 12.2 Å². The van der Waals surface area contributed by atoms with E-state index in [1.54, 1.807) is 18.2 Å². The number of Topliss-reactive ketones (excluding diaryl/α,β-unsaturated/α-hetero) is 1. The van der Waals surface area contributed by atoms with Crippen LogP contribution >= 0.6 is 23.2 Å². The highest BCUT2D eigenvalue weighted by Crippen LogP contribution is 2.27. The maximum Gasteiger partial charge on any atom is 0.191 e. The molecule has 0 amide bonds. The summed E-state index contributed by atoms with van der Waals surface area (Å²) in [5.41, 5.74) is 0.563. The van der Waals surface area contributed by atoms with Crippen LogP contribution in [0.15, 0.2) is 18.2 Å². The topological polar surface area (TPSA) is 26.3 Å². The summed E-state index contributed by atoms with van der Waals surface area (Å²) in [4.78, 5) is 12.1. The van der Waals surface area contributed by atoms with E-state index >= 15 is 0 Å². The summed E-state index contributed by atoms with van der Waals surface area (Å²) in [6, 6.07) is 4.92. The standard InChI is InChI=1S/C12H12Cl2O2/c1-7-4-5-16-12(7)11(15)8-2-3-9(13)10(14)6-8/h2-3,6-7,12H,4-5H2,1H3. The van der Waals surface area contributed by atoms with Gasteiger partial charge in [-0.05, 0) is 30.5 Å². The first-order chi connectivity index (χ1) is 7.59. The smallest absolute Gasteiger partial charge is 0.191 e. The van der Waals surface area contributed by atoms with Gasteiger partial charge in [0.05, 0.1) is 10.0 Å². The molecule has 1 aliphatic heterocycles. The van der Waals surface area contributed by atoms with Gasteiger partial charge >= 0.3 is 0 Å². The average Bonchev–Trinajstić information content (AvgIpc) is 2.67. The Morgan fingerprint density at radius 3 is 2.69 bits per heavy atom. The Hall–Kier alpha value is -0.570. The molecule has 86 valence electrons. The summed E-state index contributed by atoms with van der Waals surface area (Å²) in [6.07, 6.45) is 0.592. The summed E-state index contributed by atoms with van der Waals surface area (Å²) < 4.78 is 5.43. The van der Waals surface area contributed by atoms with Crippen molar-refractivity contribution in [1.29, 1.82) is 0 Å². The number of hydrogen-bond donors (Lipinski definition) is 0. The second kappa shape index (κ2) is 4.74. The monoisotopic (exact) mass is 258 g/mol. The molecule has 0 aliphatic carbocycles. The number of carbonyl (C=O) groups excluding carboxylic acids is 1. The Labute approximate surface area is 104 Å². The van der Waals surface area contributed by atoms with Crippen molar-refractivity contribution in [3.8, 4) is 0 Å². The van der Waals surface area contributed by atoms with Gasteiger partial charge in [0.1, 0.15) is 6.10 Å². The van der Waals surface area contributed by atoms with E-state index < -0.39 is 0 Å². The fourth-order valence-electron chi connectivity index (χ4n) is 1.84. The van der Waals surface area contributed by atoms with Crippen LogP contribution in [0.4, 0.5) is 0 Å². The zero-order valence-corrected chi connectivity index (χ0v) is 10.4. The van der Waals surface area contributed by atoms with Crippen LogP contribution in [0.1, 0.15) is 23.7 Å². The SMILES string of the molecule is CC1CCOC1C(=O)c1ccc(Cl)c(Cl)c1. The average molecular weight is 259 g/mol. The van der Waals surface area contributed by atoms with Gasteiger partial charge in [-0.1, -0.05) is 30.1 Å². The van der Waals surface area contributed by atoms with Gasteiger partial charge in [0.25, 0.3) is 0 Å². The summed E-state index contributed by atoms with van der Waals surface area (Å²) in [5.74, 6) is 0.255. The lowest BCUT2D eigenvalue weighted by Gasteiger charge is -2.13. The minimum absolute atomic E-state index is 0.0106. The fourth-order valence-corrected chi connectivity index (χ4v) is 2.14. The molecule has 4 heteroatoms. The molecule has 1 aromatic rings. The summed E-state index contributed by atoms with van der Waals surface area (Å²) in [7, 11) is 0. The molecule has 0 spiro atoms. The molecule has 0 bridgehead atoms. The predicted octanol–water partition coefficient (Wildman–Crippen LogP) is 3.60. The molecular weight excluding hydrogens is 247 g/mol. The summed E-state index contributed by atoms with van der Waals surface area (Å²) in [5, 5.41) is 0.858. The summed E-state index contributed by atoms with van der Waals surface area (Å²) >= 11 is 11.7. The van der Waals surface area contributed by atoms with Crippen molar-refractivity contribution in [2.24, 2.45) is 5.92 Å². The second-order valence-corrected chi connectivity index (χ2v) is 4.86. The first kappa shape index (κ1) is 11.9. The van der Waals surface area contributed by atoms with Crippen LogP contribution < -0.4 is 0 Å². The third-order valence-corrected chi connectivity index (χ3v) is 3.59. The first-order valence-corrected chi connectivity index (χ1v) is 5.96.